The molecule has 138 valence electrons. The summed E-state index contributed by atoms with van der Waals surface area (Å²) in [5, 5.41) is 2.77. The molecular weight excluding hydrogens is 336 g/mol. The molecule has 6 heteroatoms. The minimum absolute atomic E-state index is 0.0411. The molecule has 2 aliphatic rings. The number of benzene rings is 1. The lowest BCUT2D eigenvalue weighted by molar-refractivity contribution is -0.118. The van der Waals surface area contributed by atoms with Crippen molar-refractivity contribution in [1.29, 1.82) is 0 Å². The average Bonchev–Trinajstić information content (AvgIpc) is 3.18. The van der Waals surface area contributed by atoms with Crippen molar-refractivity contribution in [3.63, 3.8) is 0 Å². The van der Waals surface area contributed by atoms with E-state index in [4.69, 9.17) is 0 Å². The van der Waals surface area contributed by atoms with Crippen LogP contribution in [0.3, 0.4) is 0 Å². The van der Waals surface area contributed by atoms with Gasteiger partial charge in [-0.2, -0.15) is 0 Å². The zero-order valence-corrected chi connectivity index (χ0v) is 16.0. The molecule has 0 heterocycles. The van der Waals surface area contributed by atoms with E-state index in [2.05, 4.69) is 10.0 Å². The predicted molar refractivity (Wildman–Crippen MR) is 98.6 cm³/mol. The van der Waals surface area contributed by atoms with E-state index in [0.717, 1.165) is 12.3 Å². The normalized spacial score (nSPS) is 26.8. The summed E-state index contributed by atoms with van der Waals surface area (Å²) < 4.78 is 28.2. The number of amides is 1. The predicted octanol–water partition coefficient (Wildman–Crippen LogP) is 3.38. The van der Waals surface area contributed by atoms with E-state index in [1.165, 1.54) is 19.3 Å². The number of rotatable bonds is 6. The highest BCUT2D eigenvalue weighted by Crippen LogP contribution is 2.49. The largest absolute Gasteiger partial charge is 0.326 e. The molecule has 0 saturated heterocycles. The molecule has 3 rings (SSSR count). The maximum atomic E-state index is 12.6. The van der Waals surface area contributed by atoms with Crippen LogP contribution in [0.2, 0.25) is 0 Å². The van der Waals surface area contributed by atoms with Gasteiger partial charge in [0.05, 0.1) is 4.90 Å². The van der Waals surface area contributed by atoms with Crippen LogP contribution in [0.15, 0.2) is 29.2 Å². The molecule has 2 bridgehead atoms. The first kappa shape index (κ1) is 18.4. The number of carbonyl (C=O) groups excluding carboxylic acids is 1. The standard InChI is InChI=1S/C19H28N2O3S/c1-12(2)19(22)20-16-6-8-17(9-7-16)25(23,24)21-13(3)18-11-14-4-5-15(18)10-14/h6-9,12-15,18,21H,4-5,10-11H2,1-3H3,(H,20,22). The van der Waals surface area contributed by atoms with Crippen LogP contribution < -0.4 is 10.0 Å². The molecule has 0 aliphatic heterocycles. The first-order valence-electron chi connectivity index (χ1n) is 9.19. The zero-order chi connectivity index (χ0) is 18.2. The van der Waals surface area contributed by atoms with Gasteiger partial charge >= 0.3 is 0 Å². The lowest BCUT2D eigenvalue weighted by Gasteiger charge is -2.28. The SMILES string of the molecule is CC(C)C(=O)Nc1ccc(S(=O)(=O)NC(C)C2CC3CCC2C3)cc1. The van der Waals surface area contributed by atoms with Crippen molar-refractivity contribution in [2.45, 2.75) is 57.4 Å². The molecule has 1 amide bonds. The van der Waals surface area contributed by atoms with E-state index in [0.29, 0.717) is 17.5 Å². The summed E-state index contributed by atoms with van der Waals surface area (Å²) in [5.74, 6) is 1.73. The Kier molecular flexibility index (Phi) is 5.21. The minimum Gasteiger partial charge on any atom is -0.326 e. The Bertz CT molecular complexity index is 728. The maximum Gasteiger partial charge on any atom is 0.240 e. The topological polar surface area (TPSA) is 75.3 Å². The molecule has 0 spiro atoms. The van der Waals surface area contributed by atoms with Crippen molar-refractivity contribution < 1.29 is 13.2 Å². The van der Waals surface area contributed by atoms with E-state index in [9.17, 15) is 13.2 Å². The van der Waals surface area contributed by atoms with Gasteiger partial charge in [0.15, 0.2) is 0 Å². The van der Waals surface area contributed by atoms with Crippen molar-refractivity contribution in [2.24, 2.45) is 23.7 Å². The van der Waals surface area contributed by atoms with Gasteiger partial charge in [0.1, 0.15) is 0 Å². The summed E-state index contributed by atoms with van der Waals surface area (Å²) in [6, 6.07) is 6.33. The third-order valence-corrected chi connectivity index (χ3v) is 7.31. The molecule has 0 aromatic heterocycles. The first-order valence-corrected chi connectivity index (χ1v) is 10.7. The van der Waals surface area contributed by atoms with Crippen LogP contribution in [0.5, 0.6) is 0 Å². The number of anilines is 1. The third kappa shape index (κ3) is 4.06. The lowest BCUT2D eigenvalue weighted by atomic mass is 9.84. The number of sulfonamides is 1. The summed E-state index contributed by atoms with van der Waals surface area (Å²) >= 11 is 0. The molecule has 4 unspecified atom stereocenters. The van der Waals surface area contributed by atoms with Crippen molar-refractivity contribution in [1.82, 2.24) is 4.72 Å². The summed E-state index contributed by atoms with van der Waals surface area (Å²) in [5.41, 5.74) is 0.610. The maximum absolute atomic E-state index is 12.6. The highest BCUT2D eigenvalue weighted by atomic mass is 32.2. The molecule has 2 N–H and O–H groups in total. The van der Waals surface area contributed by atoms with E-state index in [-0.39, 0.29) is 22.8 Å². The van der Waals surface area contributed by atoms with E-state index in [1.807, 2.05) is 20.8 Å². The quantitative estimate of drug-likeness (QED) is 0.812. The average molecular weight is 365 g/mol. The molecule has 4 atom stereocenters. The van der Waals surface area contributed by atoms with Crippen LogP contribution in [0.25, 0.3) is 0 Å². The molecular formula is C19H28N2O3S. The molecule has 1 aromatic carbocycles. The van der Waals surface area contributed by atoms with Crippen LogP contribution in [-0.2, 0) is 14.8 Å². The summed E-state index contributed by atoms with van der Waals surface area (Å²) in [6.07, 6.45) is 4.96. The molecule has 5 nitrogen and oxygen atoms in total. The fourth-order valence-corrected chi connectivity index (χ4v) is 5.61. The van der Waals surface area contributed by atoms with Crippen molar-refractivity contribution in [3.05, 3.63) is 24.3 Å². The van der Waals surface area contributed by atoms with Crippen molar-refractivity contribution in [2.75, 3.05) is 5.32 Å². The summed E-state index contributed by atoms with van der Waals surface area (Å²) in [4.78, 5) is 11.9. The second-order valence-electron chi connectivity index (χ2n) is 7.92. The highest BCUT2D eigenvalue weighted by Gasteiger charge is 2.42. The van der Waals surface area contributed by atoms with Crippen LogP contribution in [0.4, 0.5) is 5.69 Å². The summed E-state index contributed by atoms with van der Waals surface area (Å²) in [7, 11) is -3.54. The molecule has 25 heavy (non-hydrogen) atoms. The van der Waals surface area contributed by atoms with Crippen LogP contribution in [-0.4, -0.2) is 20.4 Å². The first-order chi connectivity index (χ1) is 11.8. The minimum atomic E-state index is -3.54. The molecule has 2 saturated carbocycles. The Hall–Kier alpha value is -1.40. The van der Waals surface area contributed by atoms with Gasteiger partial charge in [-0.3, -0.25) is 4.79 Å². The Labute approximate surface area is 150 Å². The Morgan fingerprint density at radius 2 is 1.76 bits per heavy atom. The van der Waals surface area contributed by atoms with Gasteiger partial charge in [-0.15, -0.1) is 0 Å². The Balaban J connectivity index is 1.64. The third-order valence-electron chi connectivity index (χ3n) is 5.73. The fraction of sp³-hybridized carbons (Fsp3) is 0.632. The van der Waals surface area contributed by atoms with E-state index in [1.54, 1.807) is 24.3 Å². The van der Waals surface area contributed by atoms with E-state index < -0.39 is 10.0 Å². The number of nitrogens with one attached hydrogen (secondary N) is 2. The molecule has 1 aromatic rings. The highest BCUT2D eigenvalue weighted by molar-refractivity contribution is 7.89. The van der Waals surface area contributed by atoms with Gasteiger partial charge in [-0.25, -0.2) is 13.1 Å². The van der Waals surface area contributed by atoms with Crippen molar-refractivity contribution >= 4 is 21.6 Å². The van der Waals surface area contributed by atoms with E-state index >= 15 is 0 Å². The second-order valence-corrected chi connectivity index (χ2v) is 9.63. The second kappa shape index (κ2) is 7.08. The van der Waals surface area contributed by atoms with Crippen LogP contribution in [0, 0.1) is 23.7 Å². The monoisotopic (exact) mass is 364 g/mol. The molecule has 2 fully saturated rings. The van der Waals surface area contributed by atoms with Gasteiger partial charge in [0, 0.05) is 17.6 Å². The van der Waals surface area contributed by atoms with Crippen LogP contribution in [0.1, 0.15) is 46.5 Å². The zero-order valence-electron chi connectivity index (χ0n) is 15.2. The fourth-order valence-electron chi connectivity index (χ4n) is 4.31. The van der Waals surface area contributed by atoms with Gasteiger partial charge in [-0.1, -0.05) is 20.3 Å². The lowest BCUT2D eigenvalue weighted by Crippen LogP contribution is -2.40. The number of carbonyl (C=O) groups is 1. The van der Waals surface area contributed by atoms with Crippen LogP contribution >= 0.6 is 0 Å². The van der Waals surface area contributed by atoms with Crippen molar-refractivity contribution in [3.8, 4) is 0 Å². The number of hydrogen-bond acceptors (Lipinski definition) is 3. The number of hydrogen-bond donors (Lipinski definition) is 2. The Morgan fingerprint density at radius 3 is 2.28 bits per heavy atom. The van der Waals surface area contributed by atoms with Gasteiger partial charge in [0.25, 0.3) is 0 Å². The summed E-state index contributed by atoms with van der Waals surface area (Å²) in [6.45, 7) is 5.62. The number of fused-ring (bicyclic) bond motifs is 2. The van der Waals surface area contributed by atoms with Gasteiger partial charge in [0.2, 0.25) is 15.9 Å². The Morgan fingerprint density at radius 1 is 1.08 bits per heavy atom. The van der Waals surface area contributed by atoms with Gasteiger partial charge in [-0.05, 0) is 68.2 Å². The molecule has 0 radical (unpaired) electrons. The molecule has 2 aliphatic carbocycles. The smallest absolute Gasteiger partial charge is 0.240 e. The van der Waals surface area contributed by atoms with Gasteiger partial charge < -0.3 is 5.32 Å².